The average Bonchev–Trinajstić information content (AvgIpc) is 2.54. The number of nitriles is 1. The Balaban J connectivity index is 2.29. The fourth-order valence-electron chi connectivity index (χ4n) is 1.73. The van der Waals surface area contributed by atoms with Crippen LogP contribution in [0.25, 0.3) is 0 Å². The Hall–Kier alpha value is -2.28. The van der Waals surface area contributed by atoms with Gasteiger partial charge in [-0.25, -0.2) is 0 Å². The highest BCUT2D eigenvalue weighted by Crippen LogP contribution is 2.17. The van der Waals surface area contributed by atoms with E-state index in [9.17, 15) is 4.79 Å². The Morgan fingerprint density at radius 2 is 2.06 bits per heavy atom. The molecule has 0 unspecified atom stereocenters. The fraction of sp³-hybridized carbons (Fsp3) is 0.231. The van der Waals surface area contributed by atoms with Gasteiger partial charge in [0.2, 0.25) is 0 Å². The second-order valence-electron chi connectivity index (χ2n) is 3.82. The van der Waals surface area contributed by atoms with Gasteiger partial charge >= 0.3 is 0 Å². The first-order valence-corrected chi connectivity index (χ1v) is 5.55. The number of rotatable bonds is 2. The predicted molar refractivity (Wildman–Crippen MR) is 64.9 cm³/mol. The summed E-state index contributed by atoms with van der Waals surface area (Å²) < 4.78 is 0. The summed E-state index contributed by atoms with van der Waals surface area (Å²) in [4.78, 5) is 11.8. The molecule has 1 amide bonds. The number of nitrogens with zero attached hydrogens (tertiary/aromatic N) is 1. The van der Waals surface area contributed by atoms with Crippen LogP contribution in [-0.2, 0) is 4.79 Å². The van der Waals surface area contributed by atoms with Crippen molar-refractivity contribution >= 4 is 11.6 Å². The smallest absolute Gasteiger partial charge is 0.268 e. The number of hydrogen-bond donors (Lipinski definition) is 2. The van der Waals surface area contributed by atoms with E-state index in [1.54, 1.807) is 0 Å². The van der Waals surface area contributed by atoms with Crippen LogP contribution in [0.3, 0.4) is 0 Å². The van der Waals surface area contributed by atoms with Gasteiger partial charge in [-0.2, -0.15) is 5.26 Å². The first kappa shape index (κ1) is 11.2. The number of para-hydroxylation sites is 1. The Kier molecular flexibility index (Phi) is 3.41. The van der Waals surface area contributed by atoms with Crippen molar-refractivity contribution in [2.45, 2.75) is 12.8 Å². The predicted octanol–water partition coefficient (Wildman–Crippen LogP) is 1.79. The molecule has 0 radical (unpaired) electrons. The normalized spacial score (nSPS) is 15.8. The van der Waals surface area contributed by atoms with Gasteiger partial charge in [0.25, 0.3) is 5.91 Å². The number of carbonyl (C=O) groups is 1. The number of anilines is 1. The second-order valence-corrected chi connectivity index (χ2v) is 3.82. The van der Waals surface area contributed by atoms with Crippen LogP contribution in [0.2, 0.25) is 0 Å². The number of carbonyl (C=O) groups excluding carboxylic acids is 1. The molecule has 4 nitrogen and oxygen atoms in total. The van der Waals surface area contributed by atoms with Crippen molar-refractivity contribution in [2.24, 2.45) is 0 Å². The van der Waals surface area contributed by atoms with E-state index in [1.165, 1.54) is 0 Å². The molecule has 1 aliphatic heterocycles. The topological polar surface area (TPSA) is 64.9 Å². The molecule has 4 heteroatoms. The lowest BCUT2D eigenvalue weighted by atomic mass is 10.1. The van der Waals surface area contributed by atoms with E-state index in [-0.39, 0.29) is 5.91 Å². The zero-order valence-electron chi connectivity index (χ0n) is 9.36. The molecule has 0 atom stereocenters. The summed E-state index contributed by atoms with van der Waals surface area (Å²) in [5, 5.41) is 14.8. The summed E-state index contributed by atoms with van der Waals surface area (Å²) in [5.41, 5.74) is 1.70. The summed E-state index contributed by atoms with van der Waals surface area (Å²) >= 11 is 0. The van der Waals surface area contributed by atoms with Gasteiger partial charge in [0.15, 0.2) is 0 Å². The third kappa shape index (κ3) is 2.64. The van der Waals surface area contributed by atoms with E-state index in [4.69, 9.17) is 5.26 Å². The molecule has 0 fully saturated rings. The molecule has 2 rings (SSSR count). The number of amides is 1. The van der Waals surface area contributed by atoms with Gasteiger partial charge in [0.05, 0.1) is 11.6 Å². The summed E-state index contributed by atoms with van der Waals surface area (Å²) in [5.74, 6) is -0.206. The SMILES string of the molecule is N#CC1=C(Nc2ccccc2)C(=O)NCCC1. The standard InChI is InChI=1S/C13H13N3O/c14-9-10-5-4-8-15-13(17)12(10)16-11-6-2-1-3-7-11/h1-3,6-7,16H,4-5,8H2,(H,15,17). The molecule has 1 aromatic rings. The number of benzene rings is 1. The monoisotopic (exact) mass is 227 g/mol. The average molecular weight is 227 g/mol. The molecular weight excluding hydrogens is 214 g/mol. The van der Waals surface area contributed by atoms with E-state index >= 15 is 0 Å². The van der Waals surface area contributed by atoms with Crippen molar-refractivity contribution in [3.63, 3.8) is 0 Å². The minimum atomic E-state index is -0.206. The zero-order valence-corrected chi connectivity index (χ0v) is 9.36. The second kappa shape index (κ2) is 5.17. The molecule has 1 heterocycles. The van der Waals surface area contributed by atoms with Crippen molar-refractivity contribution in [3.8, 4) is 6.07 Å². The fourth-order valence-corrected chi connectivity index (χ4v) is 1.73. The van der Waals surface area contributed by atoms with Crippen LogP contribution in [-0.4, -0.2) is 12.5 Å². The molecule has 86 valence electrons. The van der Waals surface area contributed by atoms with Crippen molar-refractivity contribution in [1.82, 2.24) is 5.32 Å². The largest absolute Gasteiger partial charge is 0.351 e. The maximum atomic E-state index is 11.8. The lowest BCUT2D eigenvalue weighted by molar-refractivity contribution is -0.117. The molecule has 0 aromatic heterocycles. The van der Waals surface area contributed by atoms with Gasteiger partial charge < -0.3 is 10.6 Å². The van der Waals surface area contributed by atoms with Gasteiger partial charge in [-0.05, 0) is 25.0 Å². The Morgan fingerprint density at radius 3 is 2.76 bits per heavy atom. The molecule has 0 bridgehead atoms. The number of hydrogen-bond acceptors (Lipinski definition) is 3. The minimum absolute atomic E-state index is 0.206. The van der Waals surface area contributed by atoms with Crippen LogP contribution in [0.15, 0.2) is 41.6 Å². The van der Waals surface area contributed by atoms with Crippen LogP contribution in [0.5, 0.6) is 0 Å². The van der Waals surface area contributed by atoms with E-state index in [0.29, 0.717) is 24.2 Å². The third-order valence-corrected chi connectivity index (χ3v) is 2.60. The molecule has 0 aliphatic carbocycles. The van der Waals surface area contributed by atoms with Crippen molar-refractivity contribution in [3.05, 3.63) is 41.6 Å². The summed E-state index contributed by atoms with van der Waals surface area (Å²) in [6.45, 7) is 0.615. The quantitative estimate of drug-likeness (QED) is 0.809. The number of nitrogens with one attached hydrogen (secondary N) is 2. The van der Waals surface area contributed by atoms with Gasteiger partial charge in [-0.3, -0.25) is 4.79 Å². The summed E-state index contributed by atoms with van der Waals surface area (Å²) in [6, 6.07) is 11.5. The molecule has 0 spiro atoms. The van der Waals surface area contributed by atoms with Crippen molar-refractivity contribution in [2.75, 3.05) is 11.9 Å². The molecule has 0 saturated heterocycles. The van der Waals surface area contributed by atoms with E-state index < -0.39 is 0 Å². The number of allylic oxidation sites excluding steroid dienone is 1. The maximum absolute atomic E-state index is 11.8. The highest BCUT2D eigenvalue weighted by atomic mass is 16.2. The van der Waals surface area contributed by atoms with Crippen LogP contribution in [0.4, 0.5) is 5.69 Å². The first-order valence-electron chi connectivity index (χ1n) is 5.55. The van der Waals surface area contributed by atoms with Crippen molar-refractivity contribution < 1.29 is 4.79 Å². The summed E-state index contributed by atoms with van der Waals surface area (Å²) in [7, 11) is 0. The van der Waals surface area contributed by atoms with E-state index in [1.807, 2.05) is 30.3 Å². The van der Waals surface area contributed by atoms with Gasteiger partial charge in [0.1, 0.15) is 5.70 Å². The van der Waals surface area contributed by atoms with Crippen LogP contribution < -0.4 is 10.6 Å². The van der Waals surface area contributed by atoms with Crippen molar-refractivity contribution in [1.29, 1.82) is 5.26 Å². The van der Waals surface area contributed by atoms with E-state index in [2.05, 4.69) is 16.7 Å². The Bertz CT molecular complexity index is 485. The molecule has 0 saturated carbocycles. The van der Waals surface area contributed by atoms with Gasteiger partial charge in [-0.1, -0.05) is 18.2 Å². The lowest BCUT2D eigenvalue weighted by Crippen LogP contribution is -2.27. The Morgan fingerprint density at radius 1 is 1.29 bits per heavy atom. The molecule has 1 aliphatic rings. The molecule has 17 heavy (non-hydrogen) atoms. The lowest BCUT2D eigenvalue weighted by Gasteiger charge is -2.10. The third-order valence-electron chi connectivity index (χ3n) is 2.60. The minimum Gasteiger partial charge on any atom is -0.351 e. The van der Waals surface area contributed by atoms with Gasteiger partial charge in [-0.15, -0.1) is 0 Å². The van der Waals surface area contributed by atoms with E-state index in [0.717, 1.165) is 12.1 Å². The zero-order chi connectivity index (χ0) is 12.1. The highest BCUT2D eigenvalue weighted by molar-refractivity contribution is 5.98. The maximum Gasteiger partial charge on any atom is 0.268 e. The molecule has 1 aromatic carbocycles. The van der Waals surface area contributed by atoms with Crippen LogP contribution in [0, 0.1) is 11.3 Å². The summed E-state index contributed by atoms with van der Waals surface area (Å²) in [6.07, 6.45) is 1.43. The Labute approximate surface area is 99.9 Å². The molecule has 2 N–H and O–H groups in total. The first-order chi connectivity index (χ1) is 8.31. The highest BCUT2D eigenvalue weighted by Gasteiger charge is 2.18. The van der Waals surface area contributed by atoms with Gasteiger partial charge in [0, 0.05) is 12.2 Å². The van der Waals surface area contributed by atoms with Crippen LogP contribution in [0.1, 0.15) is 12.8 Å². The molecular formula is C13H13N3O. The van der Waals surface area contributed by atoms with Crippen LogP contribution >= 0.6 is 0 Å².